The van der Waals surface area contributed by atoms with Crippen molar-refractivity contribution in [2.75, 3.05) is 26.2 Å². The van der Waals surface area contributed by atoms with E-state index in [0.717, 1.165) is 5.56 Å². The fourth-order valence-corrected chi connectivity index (χ4v) is 2.97. The van der Waals surface area contributed by atoms with Gasteiger partial charge in [-0.15, -0.1) is 0 Å². The summed E-state index contributed by atoms with van der Waals surface area (Å²) in [4.78, 5) is 14.6. The molecule has 21 heavy (non-hydrogen) atoms. The summed E-state index contributed by atoms with van der Waals surface area (Å²) < 4.78 is 18.5. The average molecular weight is 293 g/mol. The van der Waals surface area contributed by atoms with Gasteiger partial charge in [0.2, 0.25) is 5.91 Å². The first-order valence-corrected chi connectivity index (χ1v) is 7.29. The van der Waals surface area contributed by atoms with Gasteiger partial charge in [0.1, 0.15) is 5.82 Å². The van der Waals surface area contributed by atoms with Crippen LogP contribution < -0.4 is 10.9 Å². The average Bonchev–Trinajstić information content (AvgIpc) is 2.96. The molecule has 6 heteroatoms. The van der Waals surface area contributed by atoms with E-state index in [-0.39, 0.29) is 29.8 Å². The molecule has 2 saturated heterocycles. The maximum Gasteiger partial charge on any atom is 0.229 e. The lowest BCUT2D eigenvalue weighted by molar-refractivity contribution is -0.142. The van der Waals surface area contributed by atoms with Gasteiger partial charge in [0, 0.05) is 19.6 Å². The van der Waals surface area contributed by atoms with Gasteiger partial charge >= 0.3 is 0 Å². The van der Waals surface area contributed by atoms with Crippen LogP contribution in [0.4, 0.5) is 4.39 Å². The minimum absolute atomic E-state index is 0.0780. The standard InChI is InChI=1S/C15H20FN3O2/c1-10-9-19(6-7-21-10)15(20)13-8-17-18-14(13)11-2-4-12(16)5-3-11/h2-5,10,13-14,17-18H,6-9H2,1H3. The van der Waals surface area contributed by atoms with Gasteiger partial charge in [-0.1, -0.05) is 12.1 Å². The minimum Gasteiger partial charge on any atom is -0.375 e. The molecule has 3 unspecified atom stereocenters. The summed E-state index contributed by atoms with van der Waals surface area (Å²) in [5.41, 5.74) is 7.08. The molecule has 2 aliphatic rings. The van der Waals surface area contributed by atoms with E-state index in [1.54, 1.807) is 12.1 Å². The molecule has 2 N–H and O–H groups in total. The molecule has 0 aromatic heterocycles. The van der Waals surface area contributed by atoms with Crippen LogP contribution in [0.1, 0.15) is 18.5 Å². The summed E-state index contributed by atoms with van der Waals surface area (Å²) in [6, 6.07) is 6.17. The van der Waals surface area contributed by atoms with Crippen molar-refractivity contribution in [3.63, 3.8) is 0 Å². The van der Waals surface area contributed by atoms with Crippen molar-refractivity contribution < 1.29 is 13.9 Å². The van der Waals surface area contributed by atoms with E-state index >= 15 is 0 Å². The topological polar surface area (TPSA) is 53.6 Å². The van der Waals surface area contributed by atoms with E-state index in [0.29, 0.717) is 26.2 Å². The number of nitrogens with one attached hydrogen (secondary N) is 2. The van der Waals surface area contributed by atoms with Crippen LogP contribution in [0.5, 0.6) is 0 Å². The van der Waals surface area contributed by atoms with Gasteiger partial charge in [-0.2, -0.15) is 0 Å². The lowest BCUT2D eigenvalue weighted by Crippen LogP contribution is -2.48. The maximum absolute atomic E-state index is 13.0. The van der Waals surface area contributed by atoms with Crippen molar-refractivity contribution in [2.24, 2.45) is 5.92 Å². The third-order valence-electron chi connectivity index (χ3n) is 4.08. The molecule has 0 bridgehead atoms. The number of nitrogens with zero attached hydrogens (tertiary/aromatic N) is 1. The normalized spacial score (nSPS) is 29.6. The molecule has 2 heterocycles. The highest BCUT2D eigenvalue weighted by Crippen LogP contribution is 2.27. The van der Waals surface area contributed by atoms with Gasteiger partial charge in [0.05, 0.1) is 24.7 Å². The number of halogens is 1. The number of benzene rings is 1. The van der Waals surface area contributed by atoms with Gasteiger partial charge in [-0.25, -0.2) is 9.82 Å². The van der Waals surface area contributed by atoms with Gasteiger partial charge in [0.25, 0.3) is 0 Å². The molecule has 0 spiro atoms. The molecular weight excluding hydrogens is 273 g/mol. The summed E-state index contributed by atoms with van der Waals surface area (Å²) in [6.07, 6.45) is 0.0780. The Bertz CT molecular complexity index is 508. The van der Waals surface area contributed by atoms with Gasteiger partial charge in [-0.3, -0.25) is 10.2 Å². The molecule has 2 aliphatic heterocycles. The SMILES string of the molecule is CC1CN(C(=O)C2CNNC2c2ccc(F)cc2)CCO1. The molecule has 1 aromatic rings. The number of rotatable bonds is 2. The summed E-state index contributed by atoms with van der Waals surface area (Å²) >= 11 is 0. The zero-order valence-electron chi connectivity index (χ0n) is 12.0. The minimum atomic E-state index is -0.269. The number of carbonyl (C=O) groups excluding carboxylic acids is 1. The van der Waals surface area contributed by atoms with Gasteiger partial charge < -0.3 is 9.64 Å². The largest absolute Gasteiger partial charge is 0.375 e. The van der Waals surface area contributed by atoms with Crippen molar-refractivity contribution in [3.8, 4) is 0 Å². The molecule has 0 saturated carbocycles. The Balaban J connectivity index is 1.74. The second-order valence-electron chi connectivity index (χ2n) is 5.63. The van der Waals surface area contributed by atoms with E-state index in [1.807, 2.05) is 11.8 Å². The smallest absolute Gasteiger partial charge is 0.229 e. The quantitative estimate of drug-likeness (QED) is 0.848. The predicted octanol–water partition coefficient (Wildman–Crippen LogP) is 0.838. The summed E-state index contributed by atoms with van der Waals surface area (Å²) in [6.45, 7) is 4.40. The van der Waals surface area contributed by atoms with Crippen molar-refractivity contribution in [1.82, 2.24) is 15.8 Å². The second kappa shape index (κ2) is 6.09. The van der Waals surface area contributed by atoms with Crippen LogP contribution in [0.25, 0.3) is 0 Å². The number of amides is 1. The Morgan fingerprint density at radius 2 is 2.14 bits per heavy atom. The van der Waals surface area contributed by atoms with Gasteiger partial charge in [-0.05, 0) is 24.6 Å². The van der Waals surface area contributed by atoms with Crippen LogP contribution in [0, 0.1) is 11.7 Å². The molecular formula is C15H20FN3O2. The Labute approximate surface area is 123 Å². The van der Waals surface area contributed by atoms with Crippen LogP contribution in [0.2, 0.25) is 0 Å². The summed E-state index contributed by atoms with van der Waals surface area (Å²) in [5.74, 6) is -0.327. The highest BCUT2D eigenvalue weighted by Gasteiger charge is 2.37. The van der Waals surface area contributed by atoms with Gasteiger partial charge in [0.15, 0.2) is 0 Å². The molecule has 1 aromatic carbocycles. The lowest BCUT2D eigenvalue weighted by Gasteiger charge is -2.33. The van der Waals surface area contributed by atoms with Crippen LogP contribution in [-0.2, 0) is 9.53 Å². The number of morpholine rings is 1. The van der Waals surface area contributed by atoms with Crippen molar-refractivity contribution >= 4 is 5.91 Å². The first-order valence-electron chi connectivity index (χ1n) is 7.29. The Morgan fingerprint density at radius 3 is 2.86 bits per heavy atom. The molecule has 1 amide bonds. The highest BCUT2D eigenvalue weighted by molar-refractivity contribution is 5.80. The highest BCUT2D eigenvalue weighted by atomic mass is 19.1. The van der Waals surface area contributed by atoms with Crippen molar-refractivity contribution in [3.05, 3.63) is 35.6 Å². The van der Waals surface area contributed by atoms with E-state index in [9.17, 15) is 9.18 Å². The first kappa shape index (κ1) is 14.4. The molecule has 114 valence electrons. The van der Waals surface area contributed by atoms with Crippen LogP contribution in [0.3, 0.4) is 0 Å². The van der Waals surface area contributed by atoms with Crippen LogP contribution >= 0.6 is 0 Å². The lowest BCUT2D eigenvalue weighted by atomic mass is 9.93. The van der Waals surface area contributed by atoms with E-state index < -0.39 is 0 Å². The van der Waals surface area contributed by atoms with E-state index in [1.165, 1.54) is 12.1 Å². The predicted molar refractivity (Wildman–Crippen MR) is 75.8 cm³/mol. The van der Waals surface area contributed by atoms with Crippen molar-refractivity contribution in [2.45, 2.75) is 19.1 Å². The Kier molecular flexibility index (Phi) is 4.19. The van der Waals surface area contributed by atoms with Crippen LogP contribution in [0.15, 0.2) is 24.3 Å². The monoisotopic (exact) mass is 293 g/mol. The zero-order chi connectivity index (χ0) is 14.8. The second-order valence-corrected chi connectivity index (χ2v) is 5.63. The Hall–Kier alpha value is -1.50. The first-order chi connectivity index (χ1) is 10.1. The molecule has 5 nitrogen and oxygen atoms in total. The molecule has 0 aliphatic carbocycles. The molecule has 0 radical (unpaired) electrons. The number of ether oxygens (including phenoxy) is 1. The van der Waals surface area contributed by atoms with E-state index in [2.05, 4.69) is 10.9 Å². The van der Waals surface area contributed by atoms with E-state index in [4.69, 9.17) is 4.74 Å². The van der Waals surface area contributed by atoms with Crippen molar-refractivity contribution in [1.29, 1.82) is 0 Å². The zero-order valence-corrected chi connectivity index (χ0v) is 12.0. The Morgan fingerprint density at radius 1 is 1.38 bits per heavy atom. The molecule has 2 fully saturated rings. The number of hydrogen-bond donors (Lipinski definition) is 2. The maximum atomic E-state index is 13.0. The third-order valence-corrected chi connectivity index (χ3v) is 4.08. The number of carbonyl (C=O) groups is 1. The summed E-state index contributed by atoms with van der Waals surface area (Å²) in [5, 5.41) is 0. The molecule has 3 rings (SSSR count). The third kappa shape index (κ3) is 3.07. The van der Waals surface area contributed by atoms with Crippen LogP contribution in [-0.4, -0.2) is 43.2 Å². The fourth-order valence-electron chi connectivity index (χ4n) is 2.97. The number of hydrogen-bond acceptors (Lipinski definition) is 4. The molecule has 3 atom stereocenters. The number of hydrazine groups is 1. The fraction of sp³-hybridized carbons (Fsp3) is 0.533. The summed E-state index contributed by atoms with van der Waals surface area (Å²) in [7, 11) is 0.